The number of pyridine rings is 1. The molecule has 0 unspecified atom stereocenters. The van der Waals surface area contributed by atoms with Gasteiger partial charge in [0.1, 0.15) is 5.82 Å². The van der Waals surface area contributed by atoms with E-state index in [-0.39, 0.29) is 0 Å². The van der Waals surface area contributed by atoms with E-state index in [4.69, 9.17) is 4.98 Å². The molecule has 1 heterocycles. The maximum atomic E-state index is 4.90. The summed E-state index contributed by atoms with van der Waals surface area (Å²) < 4.78 is 0. The van der Waals surface area contributed by atoms with Crippen molar-refractivity contribution in [2.24, 2.45) is 0 Å². The minimum Gasteiger partial charge on any atom is -0.340 e. The van der Waals surface area contributed by atoms with Gasteiger partial charge in [0.25, 0.3) is 0 Å². The Morgan fingerprint density at radius 1 is 0.520 bits per heavy atom. The average Bonchev–Trinajstić information content (AvgIpc) is 2.70. The summed E-state index contributed by atoms with van der Waals surface area (Å²) in [6.07, 6.45) is 0. The van der Waals surface area contributed by atoms with Crippen molar-refractivity contribution in [3.63, 3.8) is 0 Å². The smallest absolute Gasteiger partial charge is 0.138 e. The summed E-state index contributed by atoms with van der Waals surface area (Å²) >= 11 is 0. The highest BCUT2D eigenvalue weighted by molar-refractivity contribution is 5.80. The molecule has 0 spiro atoms. The SMILES string of the molecule is c1ccc(Nc2nc(-c3ccccc3)ccc2-c2ccccc2)cc1. The summed E-state index contributed by atoms with van der Waals surface area (Å²) in [4.78, 5) is 4.90. The van der Waals surface area contributed by atoms with Crippen LogP contribution in [-0.4, -0.2) is 4.98 Å². The van der Waals surface area contributed by atoms with Gasteiger partial charge in [-0.05, 0) is 29.8 Å². The van der Waals surface area contributed by atoms with E-state index in [1.807, 2.05) is 66.7 Å². The fourth-order valence-electron chi connectivity index (χ4n) is 2.83. The van der Waals surface area contributed by atoms with Crippen LogP contribution in [0.2, 0.25) is 0 Å². The number of hydrogen-bond donors (Lipinski definition) is 1. The van der Waals surface area contributed by atoms with Crippen LogP contribution in [0.15, 0.2) is 103 Å². The third kappa shape index (κ3) is 3.43. The molecule has 0 bridgehead atoms. The number of nitrogens with one attached hydrogen (secondary N) is 1. The summed E-state index contributed by atoms with van der Waals surface area (Å²) in [5.41, 5.74) is 5.33. The first-order valence-corrected chi connectivity index (χ1v) is 8.34. The molecule has 2 heteroatoms. The molecule has 0 saturated carbocycles. The third-order valence-electron chi connectivity index (χ3n) is 4.09. The molecule has 0 amide bonds. The quantitative estimate of drug-likeness (QED) is 0.487. The second-order valence-corrected chi connectivity index (χ2v) is 5.82. The number of para-hydroxylation sites is 1. The predicted molar refractivity (Wildman–Crippen MR) is 105 cm³/mol. The molecule has 120 valence electrons. The van der Waals surface area contributed by atoms with Crippen molar-refractivity contribution in [3.05, 3.63) is 103 Å². The van der Waals surface area contributed by atoms with Crippen LogP contribution >= 0.6 is 0 Å². The minimum atomic E-state index is 0.860. The van der Waals surface area contributed by atoms with E-state index in [9.17, 15) is 0 Å². The van der Waals surface area contributed by atoms with Crippen molar-refractivity contribution in [1.29, 1.82) is 0 Å². The van der Waals surface area contributed by atoms with Crippen molar-refractivity contribution in [2.75, 3.05) is 5.32 Å². The van der Waals surface area contributed by atoms with Crippen molar-refractivity contribution in [3.8, 4) is 22.4 Å². The van der Waals surface area contributed by atoms with Gasteiger partial charge >= 0.3 is 0 Å². The van der Waals surface area contributed by atoms with E-state index in [1.165, 1.54) is 0 Å². The maximum absolute atomic E-state index is 4.90. The summed E-state index contributed by atoms with van der Waals surface area (Å²) in [5, 5.41) is 3.47. The van der Waals surface area contributed by atoms with E-state index in [0.717, 1.165) is 33.9 Å². The number of hydrogen-bond acceptors (Lipinski definition) is 2. The topological polar surface area (TPSA) is 24.9 Å². The van der Waals surface area contributed by atoms with E-state index >= 15 is 0 Å². The molecular weight excluding hydrogens is 304 g/mol. The molecule has 1 aromatic heterocycles. The standard InChI is InChI=1S/C23H18N2/c1-4-10-18(11-5-1)21-16-17-22(19-12-6-2-7-13-19)25-23(21)24-20-14-8-3-9-15-20/h1-17H,(H,24,25). The Bertz CT molecular complexity index is 949. The van der Waals surface area contributed by atoms with Crippen molar-refractivity contribution >= 4 is 11.5 Å². The minimum absolute atomic E-state index is 0.860. The molecule has 0 atom stereocenters. The highest BCUT2D eigenvalue weighted by Crippen LogP contribution is 2.31. The van der Waals surface area contributed by atoms with E-state index in [1.54, 1.807) is 0 Å². The third-order valence-corrected chi connectivity index (χ3v) is 4.09. The van der Waals surface area contributed by atoms with Gasteiger partial charge in [0.05, 0.1) is 5.69 Å². The molecular formula is C23H18N2. The van der Waals surface area contributed by atoms with Gasteiger partial charge < -0.3 is 5.32 Å². The normalized spacial score (nSPS) is 10.4. The summed E-state index contributed by atoms with van der Waals surface area (Å²) in [6, 6.07) is 34.9. The molecule has 2 nitrogen and oxygen atoms in total. The number of rotatable bonds is 4. The Morgan fingerprint density at radius 2 is 1.08 bits per heavy atom. The van der Waals surface area contributed by atoms with Gasteiger partial charge in [-0.15, -0.1) is 0 Å². The summed E-state index contributed by atoms with van der Waals surface area (Å²) in [5.74, 6) is 0.860. The molecule has 0 aliphatic rings. The molecule has 0 aliphatic carbocycles. The lowest BCUT2D eigenvalue weighted by molar-refractivity contribution is 1.31. The number of anilines is 2. The molecule has 0 fully saturated rings. The van der Waals surface area contributed by atoms with Gasteiger partial charge in [-0.3, -0.25) is 0 Å². The van der Waals surface area contributed by atoms with Crippen molar-refractivity contribution in [2.45, 2.75) is 0 Å². The largest absolute Gasteiger partial charge is 0.340 e. The highest BCUT2D eigenvalue weighted by atomic mass is 15.0. The van der Waals surface area contributed by atoms with Crippen LogP contribution < -0.4 is 5.32 Å². The first-order valence-electron chi connectivity index (χ1n) is 8.34. The van der Waals surface area contributed by atoms with Crippen molar-refractivity contribution < 1.29 is 0 Å². The predicted octanol–water partition coefficient (Wildman–Crippen LogP) is 6.16. The summed E-state index contributed by atoms with van der Waals surface area (Å²) in [6.45, 7) is 0. The van der Waals surface area contributed by atoms with Gasteiger partial charge in [0.15, 0.2) is 0 Å². The van der Waals surface area contributed by atoms with Crippen LogP contribution in [0.3, 0.4) is 0 Å². The van der Waals surface area contributed by atoms with Gasteiger partial charge in [0, 0.05) is 16.8 Å². The van der Waals surface area contributed by atoms with E-state index < -0.39 is 0 Å². The van der Waals surface area contributed by atoms with Gasteiger partial charge in [-0.2, -0.15) is 0 Å². The van der Waals surface area contributed by atoms with Gasteiger partial charge in [-0.1, -0.05) is 78.9 Å². The Kier molecular flexibility index (Phi) is 4.25. The average molecular weight is 322 g/mol. The number of aromatic nitrogens is 1. The van der Waals surface area contributed by atoms with Crippen LogP contribution in [0.1, 0.15) is 0 Å². The zero-order chi connectivity index (χ0) is 16.9. The second kappa shape index (κ2) is 7.02. The van der Waals surface area contributed by atoms with E-state index in [0.29, 0.717) is 0 Å². The number of benzene rings is 3. The van der Waals surface area contributed by atoms with Gasteiger partial charge in [-0.25, -0.2) is 4.98 Å². The Morgan fingerprint density at radius 3 is 1.72 bits per heavy atom. The zero-order valence-electron chi connectivity index (χ0n) is 13.8. The fourth-order valence-corrected chi connectivity index (χ4v) is 2.83. The first-order chi connectivity index (χ1) is 12.4. The fraction of sp³-hybridized carbons (Fsp3) is 0. The molecule has 4 rings (SSSR count). The lowest BCUT2D eigenvalue weighted by Crippen LogP contribution is -1.98. The Hall–Kier alpha value is -3.39. The van der Waals surface area contributed by atoms with Crippen molar-refractivity contribution in [1.82, 2.24) is 4.98 Å². The highest BCUT2D eigenvalue weighted by Gasteiger charge is 2.09. The lowest BCUT2D eigenvalue weighted by Gasteiger charge is -2.13. The molecule has 4 aromatic rings. The van der Waals surface area contributed by atoms with Crippen LogP contribution in [-0.2, 0) is 0 Å². The van der Waals surface area contributed by atoms with Crippen LogP contribution in [0.4, 0.5) is 11.5 Å². The Balaban J connectivity index is 1.81. The van der Waals surface area contributed by atoms with Crippen LogP contribution in [0.5, 0.6) is 0 Å². The van der Waals surface area contributed by atoms with Crippen LogP contribution in [0.25, 0.3) is 22.4 Å². The van der Waals surface area contributed by atoms with Gasteiger partial charge in [0.2, 0.25) is 0 Å². The molecule has 0 aliphatic heterocycles. The lowest BCUT2D eigenvalue weighted by atomic mass is 10.0. The molecule has 25 heavy (non-hydrogen) atoms. The monoisotopic (exact) mass is 322 g/mol. The van der Waals surface area contributed by atoms with Crippen LogP contribution in [0, 0.1) is 0 Å². The Labute approximate surface area is 147 Å². The molecule has 3 aromatic carbocycles. The molecule has 0 saturated heterocycles. The molecule has 1 N–H and O–H groups in total. The first kappa shape index (κ1) is 15.2. The second-order valence-electron chi connectivity index (χ2n) is 5.82. The molecule has 0 radical (unpaired) electrons. The maximum Gasteiger partial charge on any atom is 0.138 e. The van der Waals surface area contributed by atoms with E-state index in [2.05, 4.69) is 41.7 Å². The summed E-state index contributed by atoms with van der Waals surface area (Å²) in [7, 11) is 0. The number of nitrogens with zero attached hydrogens (tertiary/aromatic N) is 1. The zero-order valence-corrected chi connectivity index (χ0v) is 13.8.